The second kappa shape index (κ2) is 5.15. The largest absolute Gasteiger partial charge is 0.338 e. The third-order valence-electron chi connectivity index (χ3n) is 3.76. The van der Waals surface area contributed by atoms with Crippen LogP contribution < -0.4 is 0 Å². The number of halogens is 2. The van der Waals surface area contributed by atoms with Crippen LogP contribution in [0.4, 0.5) is 14.5 Å². The van der Waals surface area contributed by atoms with Crippen LogP contribution in [0.1, 0.15) is 24.2 Å². The van der Waals surface area contributed by atoms with Gasteiger partial charge >= 0.3 is 5.69 Å². The molecule has 0 saturated carbocycles. The summed E-state index contributed by atoms with van der Waals surface area (Å²) >= 11 is 0. The lowest BCUT2D eigenvalue weighted by Gasteiger charge is -2.16. The molecule has 20 heavy (non-hydrogen) atoms. The molecule has 1 fully saturated rings. The molecule has 5 nitrogen and oxygen atoms in total. The van der Waals surface area contributed by atoms with Crippen LogP contribution in [0.15, 0.2) is 12.1 Å². The summed E-state index contributed by atoms with van der Waals surface area (Å²) in [5.41, 5.74) is -1.74. The Bertz CT molecular complexity index is 567. The fourth-order valence-corrected chi connectivity index (χ4v) is 2.33. The first-order chi connectivity index (χ1) is 9.32. The van der Waals surface area contributed by atoms with Crippen LogP contribution in [-0.2, 0) is 0 Å². The maximum absolute atomic E-state index is 14.0. The summed E-state index contributed by atoms with van der Waals surface area (Å²) < 4.78 is 27.6. The minimum atomic E-state index is -1.41. The van der Waals surface area contributed by atoms with Crippen molar-refractivity contribution in [3.63, 3.8) is 0 Å². The van der Waals surface area contributed by atoms with Crippen LogP contribution in [0.2, 0.25) is 0 Å². The van der Waals surface area contributed by atoms with Gasteiger partial charge in [0.05, 0.1) is 4.92 Å². The molecule has 1 aliphatic heterocycles. The average Bonchev–Trinajstić information content (AvgIpc) is 2.69. The number of nitro groups is 1. The zero-order valence-corrected chi connectivity index (χ0v) is 11.1. The zero-order chi connectivity index (χ0) is 15.0. The monoisotopic (exact) mass is 284 g/mol. The molecule has 1 aromatic carbocycles. The maximum atomic E-state index is 14.0. The third-order valence-corrected chi connectivity index (χ3v) is 3.76. The van der Waals surface area contributed by atoms with Gasteiger partial charge in [-0.3, -0.25) is 14.9 Å². The number of amides is 1. The molecule has 0 bridgehead atoms. The van der Waals surface area contributed by atoms with Crippen LogP contribution in [0, 0.1) is 33.6 Å². The van der Waals surface area contributed by atoms with Gasteiger partial charge in [0, 0.05) is 19.2 Å². The molecule has 1 aliphatic rings. The summed E-state index contributed by atoms with van der Waals surface area (Å²) in [4.78, 5) is 23.2. The van der Waals surface area contributed by atoms with Gasteiger partial charge in [0.2, 0.25) is 5.82 Å². The van der Waals surface area contributed by atoms with E-state index in [1.807, 2.05) is 13.8 Å². The molecule has 2 atom stereocenters. The first-order valence-corrected chi connectivity index (χ1v) is 6.24. The fraction of sp³-hybridized carbons (Fsp3) is 0.462. The second-order valence-electron chi connectivity index (χ2n) is 5.18. The second-order valence-corrected chi connectivity index (χ2v) is 5.18. The molecule has 1 amide bonds. The fourth-order valence-electron chi connectivity index (χ4n) is 2.33. The number of carbonyl (C=O) groups is 1. The number of rotatable bonds is 2. The number of carbonyl (C=O) groups excluding carboxylic acids is 1. The highest BCUT2D eigenvalue weighted by Crippen LogP contribution is 2.28. The topological polar surface area (TPSA) is 63.5 Å². The smallest absolute Gasteiger partial charge is 0.305 e. The highest BCUT2D eigenvalue weighted by atomic mass is 19.1. The Balaban J connectivity index is 2.40. The van der Waals surface area contributed by atoms with Gasteiger partial charge in [0.25, 0.3) is 5.91 Å². The molecule has 0 spiro atoms. The quantitative estimate of drug-likeness (QED) is 0.619. The van der Waals surface area contributed by atoms with Gasteiger partial charge in [-0.2, -0.15) is 4.39 Å². The van der Waals surface area contributed by atoms with E-state index in [9.17, 15) is 23.7 Å². The predicted octanol–water partition coefficient (Wildman–Crippen LogP) is 2.60. The number of nitrogens with zero attached hydrogens (tertiary/aromatic N) is 2. The Morgan fingerprint density at radius 3 is 2.35 bits per heavy atom. The van der Waals surface area contributed by atoms with Gasteiger partial charge in [-0.25, -0.2) is 4.39 Å². The Labute approximate surface area is 114 Å². The Kier molecular flexibility index (Phi) is 3.69. The number of hydrogen-bond acceptors (Lipinski definition) is 3. The van der Waals surface area contributed by atoms with Gasteiger partial charge in [-0.05, 0) is 17.9 Å². The minimum Gasteiger partial charge on any atom is -0.338 e. The summed E-state index contributed by atoms with van der Waals surface area (Å²) in [6.45, 7) is 4.67. The summed E-state index contributed by atoms with van der Waals surface area (Å²) in [6.07, 6.45) is 0. The van der Waals surface area contributed by atoms with Crippen molar-refractivity contribution in [2.24, 2.45) is 11.8 Å². The van der Waals surface area contributed by atoms with E-state index in [1.165, 1.54) is 4.90 Å². The number of nitro benzene ring substituents is 1. The molecule has 1 aromatic rings. The van der Waals surface area contributed by atoms with Gasteiger partial charge in [0.15, 0.2) is 0 Å². The van der Waals surface area contributed by atoms with Gasteiger partial charge < -0.3 is 4.90 Å². The molecule has 2 rings (SSSR count). The lowest BCUT2D eigenvalue weighted by atomic mass is 10.0. The van der Waals surface area contributed by atoms with Crippen LogP contribution in [0.3, 0.4) is 0 Å². The van der Waals surface area contributed by atoms with Gasteiger partial charge in [-0.1, -0.05) is 13.8 Å². The summed E-state index contributed by atoms with van der Waals surface area (Å²) in [7, 11) is 0. The number of likely N-dealkylation sites (tertiary alicyclic amines) is 1. The highest BCUT2D eigenvalue weighted by molar-refractivity contribution is 5.95. The van der Waals surface area contributed by atoms with Crippen molar-refractivity contribution >= 4 is 11.6 Å². The summed E-state index contributed by atoms with van der Waals surface area (Å²) in [6, 6.07) is 1.47. The first-order valence-electron chi connectivity index (χ1n) is 6.24. The SMILES string of the molecule is CC1CN(C(=O)c2c(F)ccc([N+](=O)[O-])c2F)CC1C. The van der Waals surface area contributed by atoms with E-state index < -0.39 is 33.7 Å². The van der Waals surface area contributed by atoms with E-state index in [0.717, 1.165) is 12.1 Å². The van der Waals surface area contributed by atoms with E-state index in [2.05, 4.69) is 0 Å². The van der Waals surface area contributed by atoms with Crippen molar-refractivity contribution in [1.82, 2.24) is 4.90 Å². The van der Waals surface area contributed by atoms with Crippen LogP contribution >= 0.6 is 0 Å². The Morgan fingerprint density at radius 2 is 1.85 bits per heavy atom. The van der Waals surface area contributed by atoms with Crippen LogP contribution in [0.25, 0.3) is 0 Å². The van der Waals surface area contributed by atoms with Crippen molar-refractivity contribution in [3.05, 3.63) is 39.4 Å². The van der Waals surface area contributed by atoms with E-state index in [-0.39, 0.29) is 11.8 Å². The highest BCUT2D eigenvalue weighted by Gasteiger charge is 2.34. The van der Waals surface area contributed by atoms with Crippen LogP contribution in [0.5, 0.6) is 0 Å². The molecule has 2 unspecified atom stereocenters. The lowest BCUT2D eigenvalue weighted by molar-refractivity contribution is -0.387. The van der Waals surface area contributed by atoms with Crippen molar-refractivity contribution in [2.75, 3.05) is 13.1 Å². The lowest BCUT2D eigenvalue weighted by Crippen LogP contribution is -2.30. The first kappa shape index (κ1) is 14.4. The third kappa shape index (κ3) is 2.35. The van der Waals surface area contributed by atoms with Gasteiger partial charge in [-0.15, -0.1) is 0 Å². The Hall–Kier alpha value is -2.05. The Morgan fingerprint density at radius 1 is 1.30 bits per heavy atom. The molecular weight excluding hydrogens is 270 g/mol. The minimum absolute atomic E-state index is 0.226. The average molecular weight is 284 g/mol. The molecule has 1 saturated heterocycles. The predicted molar refractivity (Wildman–Crippen MR) is 67.2 cm³/mol. The molecule has 7 heteroatoms. The van der Waals surface area contributed by atoms with Crippen molar-refractivity contribution in [1.29, 1.82) is 0 Å². The summed E-state index contributed by atoms with van der Waals surface area (Å²) in [5.74, 6) is -2.87. The van der Waals surface area contributed by atoms with E-state index >= 15 is 0 Å². The molecule has 1 heterocycles. The van der Waals surface area contributed by atoms with Gasteiger partial charge in [0.1, 0.15) is 11.4 Å². The van der Waals surface area contributed by atoms with E-state index in [1.54, 1.807) is 0 Å². The molecule has 0 aliphatic carbocycles. The van der Waals surface area contributed by atoms with Crippen molar-refractivity contribution in [2.45, 2.75) is 13.8 Å². The van der Waals surface area contributed by atoms with E-state index in [0.29, 0.717) is 13.1 Å². The van der Waals surface area contributed by atoms with Crippen molar-refractivity contribution in [3.8, 4) is 0 Å². The van der Waals surface area contributed by atoms with Crippen molar-refractivity contribution < 1.29 is 18.5 Å². The zero-order valence-electron chi connectivity index (χ0n) is 11.1. The van der Waals surface area contributed by atoms with E-state index in [4.69, 9.17) is 0 Å². The molecule has 108 valence electrons. The molecule has 0 N–H and O–H groups in total. The van der Waals surface area contributed by atoms with Crippen LogP contribution in [-0.4, -0.2) is 28.8 Å². The molecular formula is C13H14F2N2O3. The molecule has 0 aromatic heterocycles. The number of hydrogen-bond donors (Lipinski definition) is 0. The standard InChI is InChI=1S/C13H14F2N2O3/c1-7-5-16(6-8(7)2)13(18)11-9(14)3-4-10(12(11)15)17(19)20/h3-4,7-8H,5-6H2,1-2H3. The normalized spacial score (nSPS) is 22.1. The number of benzene rings is 1. The summed E-state index contributed by atoms with van der Waals surface area (Å²) in [5, 5.41) is 10.7. The molecule has 0 radical (unpaired) electrons. The maximum Gasteiger partial charge on any atom is 0.305 e.